The van der Waals surface area contributed by atoms with Crippen molar-refractivity contribution in [1.82, 2.24) is 25.4 Å². The summed E-state index contributed by atoms with van der Waals surface area (Å²) in [6.45, 7) is 7.61. The molecule has 13 heteroatoms. The van der Waals surface area contributed by atoms with E-state index < -0.39 is 60.2 Å². The lowest BCUT2D eigenvalue weighted by atomic mass is 9.96. The molecule has 3 aliphatic rings. The number of aliphatic carboxylic acids is 1. The van der Waals surface area contributed by atoms with Crippen molar-refractivity contribution < 1.29 is 33.6 Å². The highest BCUT2D eigenvalue weighted by Gasteiger charge is 2.73. The number of H-pyrrole nitrogens is 1. The average molecular weight is 491 g/mol. The maximum Gasteiger partial charge on any atom is 0.335 e. The number of hydrogen-bond donors (Lipinski definition) is 5. The Labute approximate surface area is 202 Å². The van der Waals surface area contributed by atoms with Crippen LogP contribution in [0.5, 0.6) is 0 Å². The summed E-state index contributed by atoms with van der Waals surface area (Å²) in [4.78, 5) is 70.0. The van der Waals surface area contributed by atoms with Crippen LogP contribution in [0, 0.1) is 11.8 Å². The molecule has 35 heavy (non-hydrogen) atoms. The number of aromatic amines is 1. The second kappa shape index (κ2) is 8.63. The van der Waals surface area contributed by atoms with Crippen molar-refractivity contribution >= 4 is 29.6 Å². The van der Waals surface area contributed by atoms with Crippen molar-refractivity contribution in [2.75, 3.05) is 0 Å². The molecule has 190 valence electrons. The first kappa shape index (κ1) is 24.6. The van der Waals surface area contributed by atoms with Gasteiger partial charge in [0.1, 0.15) is 24.3 Å². The van der Waals surface area contributed by atoms with Crippen molar-refractivity contribution in [1.29, 1.82) is 0 Å². The van der Waals surface area contributed by atoms with Gasteiger partial charge in [0, 0.05) is 6.42 Å². The van der Waals surface area contributed by atoms with Crippen LogP contribution < -0.4 is 20.9 Å². The van der Waals surface area contributed by atoms with Crippen molar-refractivity contribution in [3.05, 3.63) is 18.2 Å². The molecule has 1 aromatic rings. The molecule has 1 aromatic heterocycles. The number of nitrogens with zero attached hydrogens (tertiary/aromatic N) is 3. The van der Waals surface area contributed by atoms with Crippen LogP contribution in [0.25, 0.3) is 0 Å². The van der Waals surface area contributed by atoms with Gasteiger partial charge in [0.2, 0.25) is 24.0 Å². The second-order valence-corrected chi connectivity index (χ2v) is 9.84. The maximum atomic E-state index is 13.9. The molecule has 1 spiro atoms. The molecular formula is C22H32N7O6+. The Morgan fingerprint density at radius 3 is 2.51 bits per heavy atom. The number of primary amides is 1. The Bertz CT molecular complexity index is 1090. The molecule has 0 aromatic carbocycles. The first-order valence-corrected chi connectivity index (χ1v) is 11.8. The summed E-state index contributed by atoms with van der Waals surface area (Å²) in [6, 6.07) is -4.09. The third-order valence-electron chi connectivity index (χ3n) is 7.28. The summed E-state index contributed by atoms with van der Waals surface area (Å²) in [6.07, 6.45) is 3.43. The number of hydrogen-bond acceptors (Lipinski definition) is 6. The number of fused-ring (bicyclic) bond motifs is 1. The highest BCUT2D eigenvalue weighted by atomic mass is 16.4. The zero-order chi connectivity index (χ0) is 25.8. The topological polar surface area (TPSA) is 182 Å². The van der Waals surface area contributed by atoms with E-state index >= 15 is 0 Å². The standard InChI is InChI=1S/C22H31N7O6/c1-5-11(4)17-20(33)28-14(18(31)25-13(21(34)35)7-15(23)30)6-12-8-24-9-27(12)22(28)26-16(10(2)3)19(32)29(17)22/h8-11,13-14,16-17,26H,5-7H2,1-4H3,(H4,23,25,30,31,34,35)/p+1. The molecule has 13 nitrogen and oxygen atoms in total. The fourth-order valence-electron chi connectivity index (χ4n) is 5.39. The van der Waals surface area contributed by atoms with Crippen LogP contribution in [0.2, 0.25) is 0 Å². The summed E-state index contributed by atoms with van der Waals surface area (Å²) in [5.41, 5.74) is 5.81. The summed E-state index contributed by atoms with van der Waals surface area (Å²) >= 11 is 0. The van der Waals surface area contributed by atoms with E-state index in [9.17, 15) is 29.1 Å². The lowest BCUT2D eigenvalue weighted by molar-refractivity contribution is -0.818. The predicted octanol–water partition coefficient (Wildman–Crippen LogP) is -2.05. The molecule has 6 N–H and O–H groups in total. The quantitative estimate of drug-likeness (QED) is 0.260. The minimum atomic E-state index is -1.54. The monoisotopic (exact) mass is 490 g/mol. The molecule has 4 amide bonds. The van der Waals surface area contributed by atoms with E-state index in [0.717, 1.165) is 0 Å². The molecule has 6 unspecified atom stereocenters. The number of rotatable bonds is 8. The molecule has 0 aliphatic carbocycles. The van der Waals surface area contributed by atoms with E-state index in [-0.39, 0.29) is 24.2 Å². The maximum absolute atomic E-state index is 13.9. The van der Waals surface area contributed by atoms with Crippen LogP contribution in [-0.4, -0.2) is 73.7 Å². The van der Waals surface area contributed by atoms with Crippen molar-refractivity contribution in [3.8, 4) is 0 Å². The summed E-state index contributed by atoms with van der Waals surface area (Å²) in [7, 11) is 0. The Hall–Kier alpha value is -3.48. The van der Waals surface area contributed by atoms with E-state index in [0.29, 0.717) is 12.1 Å². The molecule has 2 fully saturated rings. The zero-order valence-electron chi connectivity index (χ0n) is 20.1. The number of carboxylic acid groups (broad SMARTS) is 1. The second-order valence-electron chi connectivity index (χ2n) is 9.84. The van der Waals surface area contributed by atoms with Gasteiger partial charge in [0.15, 0.2) is 5.69 Å². The van der Waals surface area contributed by atoms with Crippen LogP contribution in [0.1, 0.15) is 46.2 Å². The van der Waals surface area contributed by atoms with Gasteiger partial charge in [0.25, 0.3) is 5.91 Å². The van der Waals surface area contributed by atoms with Gasteiger partial charge in [-0.25, -0.2) is 15.1 Å². The Balaban J connectivity index is 1.83. The third kappa shape index (κ3) is 3.56. The van der Waals surface area contributed by atoms with E-state index in [1.165, 1.54) is 4.90 Å². The molecule has 3 aliphatic heterocycles. The van der Waals surface area contributed by atoms with E-state index in [2.05, 4.69) is 15.6 Å². The fourth-order valence-corrected chi connectivity index (χ4v) is 5.39. The molecule has 4 heterocycles. The lowest BCUT2D eigenvalue weighted by Gasteiger charge is -2.43. The van der Waals surface area contributed by atoms with Gasteiger partial charge in [0.05, 0.1) is 12.5 Å². The first-order chi connectivity index (χ1) is 16.4. The Kier molecular flexibility index (Phi) is 6.07. The van der Waals surface area contributed by atoms with Crippen LogP contribution in [0.15, 0.2) is 12.5 Å². The number of nitrogens with two attached hydrogens (primary N) is 1. The lowest BCUT2D eigenvalue weighted by Crippen LogP contribution is -2.80. The van der Waals surface area contributed by atoms with Crippen molar-refractivity contribution in [3.63, 3.8) is 0 Å². The van der Waals surface area contributed by atoms with E-state index in [4.69, 9.17) is 5.73 Å². The van der Waals surface area contributed by atoms with Gasteiger partial charge < -0.3 is 16.2 Å². The molecule has 0 saturated carbocycles. The molecule has 0 radical (unpaired) electrons. The van der Waals surface area contributed by atoms with Gasteiger partial charge in [-0.1, -0.05) is 34.1 Å². The molecule has 0 bridgehead atoms. The Morgan fingerprint density at radius 2 is 1.94 bits per heavy atom. The number of aromatic nitrogens is 2. The highest BCUT2D eigenvalue weighted by Crippen LogP contribution is 2.44. The van der Waals surface area contributed by atoms with Gasteiger partial charge >= 0.3 is 11.9 Å². The molecule has 4 rings (SSSR count). The summed E-state index contributed by atoms with van der Waals surface area (Å²) < 4.78 is 1.76. The SMILES string of the molecule is CCC(C)C1C(=O)N2C(C(=O)NC(CC(N)=O)C(=O)O)Cc3c[nH]c[n+]3C23NC(C(C)C)C(=O)N13. The molecule has 6 atom stereocenters. The number of carbonyl (C=O) groups is 5. The van der Waals surface area contributed by atoms with Crippen LogP contribution in [-0.2, 0) is 36.3 Å². The van der Waals surface area contributed by atoms with Gasteiger partial charge in [-0.2, -0.15) is 4.57 Å². The minimum Gasteiger partial charge on any atom is -0.480 e. The number of nitrogens with one attached hydrogen (secondary N) is 3. The summed E-state index contributed by atoms with van der Waals surface area (Å²) in [5, 5.41) is 15.2. The zero-order valence-corrected chi connectivity index (χ0v) is 20.1. The van der Waals surface area contributed by atoms with Crippen LogP contribution in [0.4, 0.5) is 0 Å². The number of amides is 4. The van der Waals surface area contributed by atoms with Gasteiger partial charge in [-0.05, 0) is 11.8 Å². The average Bonchev–Trinajstić information content (AvgIpc) is 3.43. The number of carboxylic acids is 1. The first-order valence-electron chi connectivity index (χ1n) is 11.8. The normalized spacial score (nSPS) is 29.0. The van der Waals surface area contributed by atoms with Crippen LogP contribution >= 0.6 is 0 Å². The van der Waals surface area contributed by atoms with Gasteiger partial charge in [-0.15, -0.1) is 0 Å². The minimum absolute atomic E-state index is 0.0784. The fraction of sp³-hybridized carbons (Fsp3) is 0.636. The summed E-state index contributed by atoms with van der Waals surface area (Å²) in [5.74, 6) is -5.44. The smallest absolute Gasteiger partial charge is 0.335 e. The third-order valence-corrected chi connectivity index (χ3v) is 7.28. The van der Waals surface area contributed by atoms with E-state index in [1.807, 2.05) is 27.7 Å². The largest absolute Gasteiger partial charge is 0.480 e. The van der Waals surface area contributed by atoms with Crippen LogP contribution in [0.3, 0.4) is 0 Å². The van der Waals surface area contributed by atoms with Crippen molar-refractivity contribution in [2.24, 2.45) is 17.6 Å². The Morgan fingerprint density at radius 1 is 1.26 bits per heavy atom. The highest BCUT2D eigenvalue weighted by molar-refractivity contribution is 5.99. The predicted molar refractivity (Wildman–Crippen MR) is 119 cm³/mol. The van der Waals surface area contributed by atoms with Crippen molar-refractivity contribution in [2.45, 2.75) is 77.0 Å². The molecule has 2 saturated heterocycles. The molecular weight excluding hydrogens is 458 g/mol. The van der Waals surface area contributed by atoms with E-state index in [1.54, 1.807) is 22.0 Å². The number of carbonyl (C=O) groups excluding carboxylic acids is 4. The van der Waals surface area contributed by atoms with Gasteiger partial charge in [-0.3, -0.25) is 29.0 Å². The number of imidazole rings is 1.